The number of hydrogen-bond donors (Lipinski definition) is 0. The molecule has 0 spiro atoms. The third-order valence-electron chi connectivity index (χ3n) is 4.08. The van der Waals surface area contributed by atoms with Crippen molar-refractivity contribution in [2.45, 2.75) is 18.9 Å². The number of carbonyl (C=O) groups excluding carboxylic acids is 1. The number of likely N-dealkylation sites (tertiary alicyclic amines) is 1. The van der Waals surface area contributed by atoms with Crippen LogP contribution in [0.4, 0.5) is 0 Å². The Balaban J connectivity index is 1.55. The first-order valence-electron chi connectivity index (χ1n) is 8.03. The van der Waals surface area contributed by atoms with Gasteiger partial charge in [0.1, 0.15) is 11.9 Å². The molecule has 1 saturated heterocycles. The van der Waals surface area contributed by atoms with Gasteiger partial charge in [0, 0.05) is 25.9 Å². The van der Waals surface area contributed by atoms with E-state index in [0.717, 1.165) is 43.7 Å². The van der Waals surface area contributed by atoms with Gasteiger partial charge in [-0.15, -0.1) is 0 Å². The predicted molar refractivity (Wildman–Crippen MR) is 93.1 cm³/mol. The monoisotopic (exact) mass is 307 g/mol. The Morgan fingerprint density at radius 2 is 1.48 bits per heavy atom. The van der Waals surface area contributed by atoms with Crippen LogP contribution in [-0.2, 0) is 4.79 Å². The molecule has 0 saturated carbocycles. The molecular formula is C20H21NO2. The van der Waals surface area contributed by atoms with Crippen molar-refractivity contribution in [1.82, 2.24) is 4.90 Å². The van der Waals surface area contributed by atoms with Crippen molar-refractivity contribution < 1.29 is 9.53 Å². The summed E-state index contributed by atoms with van der Waals surface area (Å²) in [5, 5.41) is 0. The van der Waals surface area contributed by atoms with Gasteiger partial charge in [0.15, 0.2) is 0 Å². The van der Waals surface area contributed by atoms with Gasteiger partial charge in [-0.05, 0) is 23.3 Å². The Bertz CT molecular complexity index is 641. The zero-order valence-corrected chi connectivity index (χ0v) is 13.1. The summed E-state index contributed by atoms with van der Waals surface area (Å²) in [6.45, 7) is 1.57. The molecule has 118 valence electrons. The maximum Gasteiger partial charge on any atom is 0.209 e. The zero-order chi connectivity index (χ0) is 15.9. The van der Waals surface area contributed by atoms with Crippen LogP contribution >= 0.6 is 0 Å². The van der Waals surface area contributed by atoms with Crippen molar-refractivity contribution in [3.05, 3.63) is 65.7 Å². The van der Waals surface area contributed by atoms with Crippen molar-refractivity contribution >= 4 is 18.6 Å². The van der Waals surface area contributed by atoms with Gasteiger partial charge >= 0.3 is 0 Å². The molecule has 0 bridgehead atoms. The SMILES string of the molecule is O=CN1CCC(Oc2ccc(/C=C/c3ccccc3)cc2)CC1. The molecule has 1 aliphatic heterocycles. The van der Waals surface area contributed by atoms with Crippen LogP contribution in [-0.4, -0.2) is 30.5 Å². The first-order chi connectivity index (χ1) is 11.3. The highest BCUT2D eigenvalue weighted by atomic mass is 16.5. The molecule has 0 radical (unpaired) electrons. The van der Waals surface area contributed by atoms with Crippen LogP contribution in [0.5, 0.6) is 5.75 Å². The Morgan fingerprint density at radius 1 is 0.870 bits per heavy atom. The van der Waals surface area contributed by atoms with Gasteiger partial charge in [-0.25, -0.2) is 0 Å². The van der Waals surface area contributed by atoms with Crippen molar-refractivity contribution in [3.63, 3.8) is 0 Å². The van der Waals surface area contributed by atoms with Crippen molar-refractivity contribution in [2.75, 3.05) is 13.1 Å². The lowest BCUT2D eigenvalue weighted by Gasteiger charge is -2.29. The summed E-state index contributed by atoms with van der Waals surface area (Å²) in [6, 6.07) is 18.4. The molecule has 2 aromatic rings. The van der Waals surface area contributed by atoms with Crippen molar-refractivity contribution in [2.24, 2.45) is 0 Å². The summed E-state index contributed by atoms with van der Waals surface area (Å²) in [6.07, 6.45) is 7.12. The van der Waals surface area contributed by atoms with Crippen LogP contribution in [0, 0.1) is 0 Å². The third-order valence-corrected chi connectivity index (χ3v) is 4.08. The molecule has 3 nitrogen and oxygen atoms in total. The number of carbonyl (C=O) groups is 1. The van der Waals surface area contributed by atoms with Crippen LogP contribution in [0.15, 0.2) is 54.6 Å². The molecule has 1 amide bonds. The van der Waals surface area contributed by atoms with E-state index in [1.165, 1.54) is 5.56 Å². The van der Waals surface area contributed by atoms with Gasteiger partial charge < -0.3 is 9.64 Å². The topological polar surface area (TPSA) is 29.5 Å². The molecule has 2 aromatic carbocycles. The fourth-order valence-corrected chi connectivity index (χ4v) is 2.71. The highest BCUT2D eigenvalue weighted by molar-refractivity contribution is 5.69. The van der Waals surface area contributed by atoms with Gasteiger partial charge in [0.25, 0.3) is 0 Å². The second kappa shape index (κ2) is 7.63. The molecule has 0 aromatic heterocycles. The van der Waals surface area contributed by atoms with E-state index in [1.54, 1.807) is 4.90 Å². The quantitative estimate of drug-likeness (QED) is 0.620. The van der Waals surface area contributed by atoms with E-state index in [4.69, 9.17) is 4.74 Å². The number of piperidine rings is 1. The van der Waals surface area contributed by atoms with E-state index in [1.807, 2.05) is 30.3 Å². The van der Waals surface area contributed by atoms with Crippen LogP contribution in [0.2, 0.25) is 0 Å². The van der Waals surface area contributed by atoms with Gasteiger partial charge in [-0.3, -0.25) is 4.79 Å². The molecular weight excluding hydrogens is 286 g/mol. The fourth-order valence-electron chi connectivity index (χ4n) is 2.71. The lowest BCUT2D eigenvalue weighted by molar-refractivity contribution is -0.119. The highest BCUT2D eigenvalue weighted by Crippen LogP contribution is 2.20. The Kier molecular flexibility index (Phi) is 5.09. The van der Waals surface area contributed by atoms with E-state index in [9.17, 15) is 4.79 Å². The average molecular weight is 307 g/mol. The molecule has 0 atom stereocenters. The number of ether oxygens (including phenoxy) is 1. The minimum Gasteiger partial charge on any atom is -0.490 e. The predicted octanol–water partition coefficient (Wildman–Crippen LogP) is 3.86. The van der Waals surface area contributed by atoms with Crippen molar-refractivity contribution in [1.29, 1.82) is 0 Å². The largest absolute Gasteiger partial charge is 0.490 e. The molecule has 1 aliphatic rings. The Morgan fingerprint density at radius 3 is 2.09 bits per heavy atom. The third kappa shape index (κ3) is 4.46. The second-order valence-corrected chi connectivity index (χ2v) is 5.77. The van der Waals surface area contributed by atoms with Gasteiger partial charge in [0.05, 0.1) is 0 Å². The molecule has 3 rings (SSSR count). The second-order valence-electron chi connectivity index (χ2n) is 5.77. The van der Waals surface area contributed by atoms with Crippen LogP contribution in [0.25, 0.3) is 12.2 Å². The van der Waals surface area contributed by atoms with Gasteiger partial charge in [-0.2, -0.15) is 0 Å². The first kappa shape index (κ1) is 15.3. The number of rotatable bonds is 5. The fraction of sp³-hybridized carbons (Fsp3) is 0.250. The summed E-state index contributed by atoms with van der Waals surface area (Å²) in [4.78, 5) is 12.5. The average Bonchev–Trinajstić information content (AvgIpc) is 2.63. The van der Waals surface area contributed by atoms with Gasteiger partial charge in [0.2, 0.25) is 6.41 Å². The normalized spacial score (nSPS) is 15.7. The maximum absolute atomic E-state index is 10.7. The molecule has 1 heterocycles. The molecule has 0 aliphatic carbocycles. The number of hydrogen-bond acceptors (Lipinski definition) is 2. The summed E-state index contributed by atoms with van der Waals surface area (Å²) in [7, 11) is 0. The molecule has 23 heavy (non-hydrogen) atoms. The van der Waals surface area contributed by atoms with Crippen LogP contribution < -0.4 is 4.74 Å². The summed E-state index contributed by atoms with van der Waals surface area (Å²) >= 11 is 0. The molecule has 3 heteroatoms. The van der Waals surface area contributed by atoms with Crippen molar-refractivity contribution in [3.8, 4) is 5.75 Å². The highest BCUT2D eigenvalue weighted by Gasteiger charge is 2.19. The molecule has 0 unspecified atom stereocenters. The van der Waals surface area contributed by atoms with E-state index >= 15 is 0 Å². The smallest absolute Gasteiger partial charge is 0.209 e. The lowest BCUT2D eigenvalue weighted by Crippen LogP contribution is -2.37. The summed E-state index contributed by atoms with van der Waals surface area (Å²) < 4.78 is 6.00. The van der Waals surface area contributed by atoms with Crippen LogP contribution in [0.1, 0.15) is 24.0 Å². The Labute approximate surface area is 137 Å². The molecule has 0 N–H and O–H groups in total. The standard InChI is InChI=1S/C20H21NO2/c22-16-21-14-12-20(13-15-21)23-19-10-8-18(9-11-19)7-6-17-4-2-1-3-5-17/h1-11,16,20H,12-15H2/b7-6+. The first-order valence-corrected chi connectivity index (χ1v) is 8.03. The minimum absolute atomic E-state index is 0.205. The van der Waals surface area contributed by atoms with E-state index in [2.05, 4.69) is 36.4 Å². The molecule has 1 fully saturated rings. The number of nitrogens with zero attached hydrogens (tertiary/aromatic N) is 1. The van der Waals surface area contributed by atoms with E-state index in [0.29, 0.717) is 0 Å². The zero-order valence-electron chi connectivity index (χ0n) is 13.1. The summed E-state index contributed by atoms with van der Waals surface area (Å²) in [5.74, 6) is 0.895. The summed E-state index contributed by atoms with van der Waals surface area (Å²) in [5.41, 5.74) is 2.34. The van der Waals surface area contributed by atoms with Crippen LogP contribution in [0.3, 0.4) is 0 Å². The lowest BCUT2D eigenvalue weighted by atomic mass is 10.1. The van der Waals surface area contributed by atoms with E-state index < -0.39 is 0 Å². The minimum atomic E-state index is 0.205. The Hall–Kier alpha value is -2.55. The van der Waals surface area contributed by atoms with Gasteiger partial charge in [-0.1, -0.05) is 54.6 Å². The van der Waals surface area contributed by atoms with E-state index in [-0.39, 0.29) is 6.10 Å². The number of amides is 1. The number of benzene rings is 2. The maximum atomic E-state index is 10.7.